The largest absolute Gasteiger partial charge is 0.325 e. The van der Waals surface area contributed by atoms with Crippen molar-refractivity contribution in [3.05, 3.63) is 72.3 Å². The highest BCUT2D eigenvalue weighted by Gasteiger charge is 2.20. The molecule has 0 unspecified atom stereocenters. The van der Waals surface area contributed by atoms with Gasteiger partial charge in [-0.25, -0.2) is 8.42 Å². The van der Waals surface area contributed by atoms with Gasteiger partial charge in [-0.05, 0) is 41.5 Å². The molecule has 0 aliphatic carbocycles. The Morgan fingerprint density at radius 2 is 1.58 bits per heavy atom. The van der Waals surface area contributed by atoms with Crippen LogP contribution in [0.3, 0.4) is 0 Å². The van der Waals surface area contributed by atoms with Crippen molar-refractivity contribution in [2.75, 3.05) is 11.1 Å². The van der Waals surface area contributed by atoms with Gasteiger partial charge in [-0.3, -0.25) is 4.79 Å². The Bertz CT molecular complexity index is 1010. The molecular formula is C19H17NO3S. The Hall–Kier alpha value is -2.66. The number of rotatable bonds is 4. The molecule has 0 aliphatic heterocycles. The lowest BCUT2D eigenvalue weighted by molar-refractivity contribution is -0.113. The van der Waals surface area contributed by atoms with Crippen LogP contribution < -0.4 is 5.32 Å². The summed E-state index contributed by atoms with van der Waals surface area (Å²) in [6.45, 7) is 1.85. The molecule has 1 N–H and O–H groups in total. The number of benzene rings is 3. The normalized spacial score (nSPS) is 11.4. The van der Waals surface area contributed by atoms with Crippen LogP contribution in [0.5, 0.6) is 0 Å². The Kier molecular flexibility index (Phi) is 4.36. The van der Waals surface area contributed by atoms with Crippen LogP contribution >= 0.6 is 0 Å². The molecule has 0 saturated carbocycles. The molecule has 122 valence electrons. The van der Waals surface area contributed by atoms with Gasteiger partial charge in [0, 0.05) is 5.69 Å². The second-order valence-corrected chi connectivity index (χ2v) is 7.62. The van der Waals surface area contributed by atoms with E-state index < -0.39 is 21.5 Å². The third-order valence-corrected chi connectivity index (χ3v) is 5.43. The number of hydrogen-bond donors (Lipinski definition) is 1. The van der Waals surface area contributed by atoms with Crippen LogP contribution in [0.4, 0.5) is 5.69 Å². The van der Waals surface area contributed by atoms with Crippen molar-refractivity contribution in [3.63, 3.8) is 0 Å². The van der Waals surface area contributed by atoms with Gasteiger partial charge >= 0.3 is 0 Å². The van der Waals surface area contributed by atoms with E-state index in [1.54, 1.807) is 30.3 Å². The van der Waals surface area contributed by atoms with E-state index in [4.69, 9.17) is 0 Å². The zero-order valence-corrected chi connectivity index (χ0v) is 14.0. The summed E-state index contributed by atoms with van der Waals surface area (Å²) in [7, 11) is -3.70. The summed E-state index contributed by atoms with van der Waals surface area (Å²) in [4.78, 5) is 12.3. The molecule has 0 aromatic heterocycles. The fraction of sp³-hybridized carbons (Fsp3) is 0.105. The lowest BCUT2D eigenvalue weighted by Gasteiger charge is -2.09. The van der Waals surface area contributed by atoms with E-state index in [-0.39, 0.29) is 4.90 Å². The average molecular weight is 339 g/mol. The van der Waals surface area contributed by atoms with Gasteiger partial charge in [0.25, 0.3) is 0 Å². The third kappa shape index (κ3) is 3.46. The summed E-state index contributed by atoms with van der Waals surface area (Å²) in [6, 6.07) is 19.7. The summed E-state index contributed by atoms with van der Waals surface area (Å²) in [5, 5.41) is 4.45. The van der Waals surface area contributed by atoms with Crippen molar-refractivity contribution in [1.82, 2.24) is 0 Å². The van der Waals surface area contributed by atoms with Crippen LogP contribution in [-0.4, -0.2) is 20.1 Å². The Labute approximate surface area is 141 Å². The van der Waals surface area contributed by atoms with Crippen LogP contribution in [0.25, 0.3) is 10.8 Å². The van der Waals surface area contributed by atoms with Crippen molar-refractivity contribution in [2.24, 2.45) is 0 Å². The summed E-state index contributed by atoms with van der Waals surface area (Å²) < 4.78 is 25.0. The molecule has 0 spiro atoms. The van der Waals surface area contributed by atoms with Crippen molar-refractivity contribution in [1.29, 1.82) is 0 Å². The first-order chi connectivity index (χ1) is 11.5. The maximum atomic E-state index is 12.5. The summed E-state index contributed by atoms with van der Waals surface area (Å²) in [5.74, 6) is -1.13. The predicted molar refractivity (Wildman–Crippen MR) is 95.8 cm³/mol. The van der Waals surface area contributed by atoms with Crippen molar-refractivity contribution in [2.45, 2.75) is 11.8 Å². The maximum absolute atomic E-state index is 12.5. The minimum absolute atomic E-state index is 0.154. The van der Waals surface area contributed by atoms with E-state index in [0.717, 1.165) is 16.3 Å². The molecule has 0 saturated heterocycles. The van der Waals surface area contributed by atoms with Crippen LogP contribution in [0.15, 0.2) is 71.6 Å². The fourth-order valence-corrected chi connectivity index (χ4v) is 3.68. The van der Waals surface area contributed by atoms with Crippen LogP contribution in [0.2, 0.25) is 0 Å². The smallest absolute Gasteiger partial charge is 0.239 e. The SMILES string of the molecule is Cc1ccccc1NC(=O)CS(=O)(=O)c1ccc2ccccc2c1. The minimum Gasteiger partial charge on any atom is -0.325 e. The molecule has 1 amide bonds. The Morgan fingerprint density at radius 1 is 0.917 bits per heavy atom. The highest BCUT2D eigenvalue weighted by molar-refractivity contribution is 7.92. The zero-order chi connectivity index (χ0) is 17.2. The van der Waals surface area contributed by atoms with Crippen molar-refractivity contribution >= 4 is 32.2 Å². The minimum atomic E-state index is -3.70. The van der Waals surface area contributed by atoms with Gasteiger partial charge in [0.05, 0.1) is 4.90 Å². The molecule has 5 heteroatoms. The molecule has 4 nitrogen and oxygen atoms in total. The lowest BCUT2D eigenvalue weighted by atomic mass is 10.1. The van der Waals surface area contributed by atoms with Crippen LogP contribution in [0.1, 0.15) is 5.56 Å². The molecule has 0 atom stereocenters. The van der Waals surface area contributed by atoms with Gasteiger partial charge < -0.3 is 5.32 Å². The molecule has 0 heterocycles. The lowest BCUT2D eigenvalue weighted by Crippen LogP contribution is -2.23. The first kappa shape index (κ1) is 16.2. The van der Waals surface area contributed by atoms with E-state index in [1.165, 1.54) is 0 Å². The number of carbonyl (C=O) groups excluding carboxylic acids is 1. The van der Waals surface area contributed by atoms with Gasteiger partial charge in [0.15, 0.2) is 9.84 Å². The van der Waals surface area contributed by atoms with Gasteiger partial charge in [-0.2, -0.15) is 0 Å². The second-order valence-electron chi connectivity index (χ2n) is 5.63. The maximum Gasteiger partial charge on any atom is 0.239 e. The molecule has 0 fully saturated rings. The number of hydrogen-bond acceptors (Lipinski definition) is 3. The Morgan fingerprint density at radius 3 is 2.33 bits per heavy atom. The van der Waals surface area contributed by atoms with E-state index in [0.29, 0.717) is 5.69 Å². The number of carbonyl (C=O) groups is 1. The van der Waals surface area contributed by atoms with Gasteiger partial charge in [0.1, 0.15) is 5.75 Å². The van der Waals surface area contributed by atoms with Gasteiger partial charge in [-0.15, -0.1) is 0 Å². The number of aryl methyl sites for hydroxylation is 1. The molecule has 3 rings (SSSR count). The van der Waals surface area contributed by atoms with E-state index in [1.807, 2.05) is 43.3 Å². The second kappa shape index (κ2) is 6.45. The molecule has 3 aromatic carbocycles. The quantitative estimate of drug-likeness (QED) is 0.790. The van der Waals surface area contributed by atoms with Crippen molar-refractivity contribution < 1.29 is 13.2 Å². The number of fused-ring (bicyclic) bond motifs is 1. The monoisotopic (exact) mass is 339 g/mol. The van der Waals surface area contributed by atoms with Crippen molar-refractivity contribution in [3.8, 4) is 0 Å². The Balaban J connectivity index is 1.82. The molecule has 24 heavy (non-hydrogen) atoms. The molecule has 0 bridgehead atoms. The number of nitrogens with one attached hydrogen (secondary N) is 1. The van der Waals surface area contributed by atoms with Gasteiger partial charge in [-0.1, -0.05) is 48.5 Å². The highest BCUT2D eigenvalue weighted by Crippen LogP contribution is 2.20. The highest BCUT2D eigenvalue weighted by atomic mass is 32.2. The molecule has 3 aromatic rings. The van der Waals surface area contributed by atoms with E-state index >= 15 is 0 Å². The first-order valence-corrected chi connectivity index (χ1v) is 9.18. The van der Waals surface area contributed by atoms with E-state index in [2.05, 4.69) is 5.32 Å². The topological polar surface area (TPSA) is 63.2 Å². The molecule has 0 radical (unpaired) electrons. The van der Waals surface area contributed by atoms with Crippen LogP contribution in [-0.2, 0) is 14.6 Å². The van der Waals surface area contributed by atoms with Gasteiger partial charge in [0.2, 0.25) is 5.91 Å². The number of para-hydroxylation sites is 1. The summed E-state index contributed by atoms with van der Waals surface area (Å²) >= 11 is 0. The zero-order valence-electron chi connectivity index (χ0n) is 13.2. The third-order valence-electron chi connectivity index (χ3n) is 3.82. The standard InChI is InChI=1S/C19H17NO3S/c1-14-6-2-5-9-18(14)20-19(21)13-24(22,23)17-11-10-15-7-3-4-8-16(15)12-17/h2-12H,13H2,1H3,(H,20,21). The summed E-state index contributed by atoms with van der Waals surface area (Å²) in [5.41, 5.74) is 1.50. The number of anilines is 1. The van der Waals surface area contributed by atoms with Crippen LogP contribution in [0, 0.1) is 6.92 Å². The predicted octanol–water partition coefficient (Wildman–Crippen LogP) is 3.56. The number of amides is 1. The molecule has 0 aliphatic rings. The average Bonchev–Trinajstić information content (AvgIpc) is 2.56. The fourth-order valence-electron chi connectivity index (χ4n) is 2.52. The summed E-state index contributed by atoms with van der Waals surface area (Å²) in [6.07, 6.45) is 0. The first-order valence-electron chi connectivity index (χ1n) is 7.53. The van der Waals surface area contributed by atoms with E-state index in [9.17, 15) is 13.2 Å². The molecular weight excluding hydrogens is 322 g/mol. The number of sulfone groups is 1.